The Morgan fingerprint density at radius 2 is 1.81 bits per heavy atom. The minimum absolute atomic E-state index is 0.120. The van der Waals surface area contributed by atoms with Gasteiger partial charge >= 0.3 is 11.9 Å². The standard InChI is InChI=1S/C34H50N4O4/c1-6-8-9-10-11-12-13-17-33(39)41-22-28(18-29-19-36-24-38(29)5)30(7-2)34(40)42-21-27-15-14-16-31(25(27)3)26(4)32-20-35-23-37-32/h14-16,19-20,23-24,26,28,30H,6-13,17-18,21-22H2,1-5H3,(H,35,37)/t26-,28?,30?/m0/s1. The maximum atomic E-state index is 13.5. The van der Waals surface area contributed by atoms with E-state index in [1.807, 2.05) is 36.9 Å². The number of aromatic nitrogens is 4. The van der Waals surface area contributed by atoms with Crippen LogP contribution in [0, 0.1) is 18.8 Å². The van der Waals surface area contributed by atoms with Crippen molar-refractivity contribution in [2.45, 2.75) is 104 Å². The lowest BCUT2D eigenvalue weighted by Crippen LogP contribution is -2.31. The van der Waals surface area contributed by atoms with Gasteiger partial charge in [0.2, 0.25) is 0 Å². The number of rotatable bonds is 19. The van der Waals surface area contributed by atoms with Crippen molar-refractivity contribution in [3.8, 4) is 0 Å². The number of ether oxygens (including phenoxy) is 2. The molecule has 0 fully saturated rings. The Hall–Kier alpha value is -3.42. The summed E-state index contributed by atoms with van der Waals surface area (Å²) in [6.45, 7) is 8.77. The van der Waals surface area contributed by atoms with Gasteiger partial charge in [-0.3, -0.25) is 9.59 Å². The van der Waals surface area contributed by atoms with Gasteiger partial charge in [0.25, 0.3) is 0 Å². The third-order valence-electron chi connectivity index (χ3n) is 8.43. The summed E-state index contributed by atoms with van der Waals surface area (Å²) in [5, 5.41) is 0. The maximum Gasteiger partial charge on any atom is 0.309 e. The van der Waals surface area contributed by atoms with Crippen LogP contribution in [0.3, 0.4) is 0 Å². The average molecular weight is 579 g/mol. The van der Waals surface area contributed by atoms with Gasteiger partial charge in [0, 0.05) is 43.4 Å². The van der Waals surface area contributed by atoms with Gasteiger partial charge in [0.05, 0.1) is 30.9 Å². The number of esters is 2. The molecule has 1 aromatic carbocycles. The SMILES string of the molecule is CCCCCCCCCC(=O)OCC(Cc1cncn1C)C(CC)C(=O)OCc1cccc([C@H](C)c2c[nH]cn2)c1C. The van der Waals surface area contributed by atoms with E-state index in [1.54, 1.807) is 18.9 Å². The summed E-state index contributed by atoms with van der Waals surface area (Å²) in [6, 6.07) is 6.10. The fourth-order valence-electron chi connectivity index (χ4n) is 5.61. The lowest BCUT2D eigenvalue weighted by Gasteiger charge is -2.25. The van der Waals surface area contributed by atoms with E-state index in [0.717, 1.165) is 47.3 Å². The van der Waals surface area contributed by atoms with Crippen LogP contribution >= 0.6 is 0 Å². The molecule has 0 spiro atoms. The Kier molecular flexibility index (Phi) is 13.8. The third-order valence-corrected chi connectivity index (χ3v) is 8.43. The number of nitrogens with zero attached hydrogens (tertiary/aromatic N) is 3. The van der Waals surface area contributed by atoms with E-state index in [0.29, 0.717) is 19.3 Å². The molecule has 8 heteroatoms. The number of nitrogens with one attached hydrogen (secondary N) is 1. The van der Waals surface area contributed by atoms with Crippen LogP contribution in [0.4, 0.5) is 0 Å². The van der Waals surface area contributed by atoms with Crippen molar-refractivity contribution >= 4 is 11.9 Å². The van der Waals surface area contributed by atoms with Crippen LogP contribution in [-0.2, 0) is 39.1 Å². The molecule has 42 heavy (non-hydrogen) atoms. The molecule has 230 valence electrons. The van der Waals surface area contributed by atoms with Crippen molar-refractivity contribution in [1.82, 2.24) is 19.5 Å². The van der Waals surface area contributed by atoms with Crippen molar-refractivity contribution in [3.63, 3.8) is 0 Å². The third kappa shape index (κ3) is 9.85. The molecule has 2 unspecified atom stereocenters. The molecular weight excluding hydrogens is 528 g/mol. The molecule has 0 bridgehead atoms. The Bertz CT molecular complexity index is 1220. The van der Waals surface area contributed by atoms with Crippen molar-refractivity contribution in [1.29, 1.82) is 0 Å². The quantitative estimate of drug-likeness (QED) is 0.119. The zero-order valence-electron chi connectivity index (χ0n) is 26.2. The van der Waals surface area contributed by atoms with E-state index in [4.69, 9.17) is 9.47 Å². The second-order valence-electron chi connectivity index (χ2n) is 11.5. The summed E-state index contributed by atoms with van der Waals surface area (Å²) in [5.41, 5.74) is 5.19. The molecule has 0 aliphatic carbocycles. The molecule has 2 heterocycles. The summed E-state index contributed by atoms with van der Waals surface area (Å²) in [4.78, 5) is 37.7. The number of hydrogen-bond acceptors (Lipinski definition) is 6. The predicted octanol–water partition coefficient (Wildman–Crippen LogP) is 7.22. The van der Waals surface area contributed by atoms with Crippen LogP contribution in [0.2, 0.25) is 0 Å². The molecule has 3 aromatic rings. The van der Waals surface area contributed by atoms with Gasteiger partial charge in [-0.2, -0.15) is 0 Å². The summed E-state index contributed by atoms with van der Waals surface area (Å²) in [7, 11) is 1.94. The topological polar surface area (TPSA) is 99.1 Å². The average Bonchev–Trinajstić information content (AvgIpc) is 3.67. The molecular formula is C34H50N4O4. The van der Waals surface area contributed by atoms with Crippen LogP contribution in [-0.4, -0.2) is 38.1 Å². The number of benzene rings is 1. The van der Waals surface area contributed by atoms with Gasteiger partial charge < -0.3 is 19.0 Å². The highest BCUT2D eigenvalue weighted by atomic mass is 16.5. The van der Waals surface area contributed by atoms with Gasteiger partial charge in [-0.25, -0.2) is 9.97 Å². The van der Waals surface area contributed by atoms with Crippen LogP contribution in [0.15, 0.2) is 43.2 Å². The first kappa shape index (κ1) is 33.1. The Labute approximate surface area is 251 Å². The monoisotopic (exact) mass is 578 g/mol. The van der Waals surface area contributed by atoms with Gasteiger partial charge in [0.15, 0.2) is 0 Å². The van der Waals surface area contributed by atoms with E-state index < -0.39 is 5.92 Å². The first-order chi connectivity index (χ1) is 20.3. The number of carbonyl (C=O) groups excluding carboxylic acids is 2. The van der Waals surface area contributed by atoms with Gasteiger partial charge in [-0.1, -0.05) is 77.5 Å². The van der Waals surface area contributed by atoms with E-state index in [-0.39, 0.29) is 37.0 Å². The number of H-pyrrole nitrogens is 1. The predicted molar refractivity (Wildman–Crippen MR) is 165 cm³/mol. The Morgan fingerprint density at radius 1 is 1.05 bits per heavy atom. The molecule has 0 radical (unpaired) electrons. The normalized spacial score (nSPS) is 13.5. The smallest absolute Gasteiger partial charge is 0.309 e. The molecule has 0 saturated carbocycles. The van der Waals surface area contributed by atoms with Crippen LogP contribution in [0.1, 0.15) is 113 Å². The minimum Gasteiger partial charge on any atom is -0.465 e. The van der Waals surface area contributed by atoms with Crippen LogP contribution < -0.4 is 0 Å². The molecule has 0 aliphatic heterocycles. The van der Waals surface area contributed by atoms with Crippen molar-refractivity contribution in [2.75, 3.05) is 6.61 Å². The first-order valence-electron chi connectivity index (χ1n) is 15.7. The fourth-order valence-corrected chi connectivity index (χ4v) is 5.61. The summed E-state index contributed by atoms with van der Waals surface area (Å²) in [5.74, 6) is -0.951. The number of aryl methyl sites for hydroxylation is 1. The van der Waals surface area contributed by atoms with Gasteiger partial charge in [-0.05, 0) is 42.9 Å². The lowest BCUT2D eigenvalue weighted by molar-refractivity contribution is -0.156. The van der Waals surface area contributed by atoms with E-state index in [2.05, 4.69) is 41.8 Å². The molecule has 0 saturated heterocycles. The largest absolute Gasteiger partial charge is 0.465 e. The maximum absolute atomic E-state index is 13.5. The highest BCUT2D eigenvalue weighted by Crippen LogP contribution is 2.28. The summed E-state index contributed by atoms with van der Waals surface area (Å²) < 4.78 is 13.6. The molecule has 1 N–H and O–H groups in total. The number of hydrogen-bond donors (Lipinski definition) is 1. The molecule has 0 amide bonds. The summed E-state index contributed by atoms with van der Waals surface area (Å²) >= 11 is 0. The minimum atomic E-state index is -0.405. The summed E-state index contributed by atoms with van der Waals surface area (Å²) in [6.07, 6.45) is 16.8. The molecule has 3 atom stereocenters. The van der Waals surface area contributed by atoms with Crippen molar-refractivity contribution < 1.29 is 19.1 Å². The van der Waals surface area contributed by atoms with Crippen molar-refractivity contribution in [3.05, 3.63) is 71.3 Å². The van der Waals surface area contributed by atoms with Gasteiger partial charge in [0.1, 0.15) is 6.61 Å². The number of carbonyl (C=O) groups is 2. The molecule has 8 nitrogen and oxygen atoms in total. The lowest BCUT2D eigenvalue weighted by atomic mass is 9.87. The second-order valence-corrected chi connectivity index (χ2v) is 11.5. The zero-order valence-corrected chi connectivity index (χ0v) is 26.2. The van der Waals surface area contributed by atoms with Crippen LogP contribution in [0.25, 0.3) is 0 Å². The number of aromatic amines is 1. The highest BCUT2D eigenvalue weighted by Gasteiger charge is 2.30. The zero-order chi connectivity index (χ0) is 30.3. The van der Waals surface area contributed by atoms with Crippen molar-refractivity contribution in [2.24, 2.45) is 18.9 Å². The number of unbranched alkanes of at least 4 members (excludes halogenated alkanes) is 6. The Balaban J connectivity index is 1.61. The number of imidazole rings is 2. The highest BCUT2D eigenvalue weighted by molar-refractivity contribution is 5.73. The van der Waals surface area contributed by atoms with E-state index >= 15 is 0 Å². The second kappa shape index (κ2) is 17.5. The van der Waals surface area contributed by atoms with Gasteiger partial charge in [-0.15, -0.1) is 0 Å². The molecule has 0 aliphatic rings. The first-order valence-corrected chi connectivity index (χ1v) is 15.7. The molecule has 3 rings (SSSR count). The van der Waals surface area contributed by atoms with E-state index in [1.165, 1.54) is 25.7 Å². The van der Waals surface area contributed by atoms with Crippen LogP contribution in [0.5, 0.6) is 0 Å². The fraction of sp³-hybridized carbons (Fsp3) is 0.588. The Morgan fingerprint density at radius 3 is 2.48 bits per heavy atom. The van der Waals surface area contributed by atoms with E-state index in [9.17, 15) is 9.59 Å². The molecule has 2 aromatic heterocycles.